The quantitative estimate of drug-likeness (QED) is 0.155. The van der Waals surface area contributed by atoms with Crippen molar-refractivity contribution in [1.29, 1.82) is 0 Å². The molecule has 0 radical (unpaired) electrons. The van der Waals surface area contributed by atoms with Gasteiger partial charge in [-0.25, -0.2) is 0 Å². The third kappa shape index (κ3) is 6.27. The van der Waals surface area contributed by atoms with Gasteiger partial charge in [-0.3, -0.25) is 0 Å². The second kappa shape index (κ2) is 16.4. The molecule has 6 nitrogen and oxygen atoms in total. The molecule has 4 aliphatic heterocycles. The number of hydrogen-bond acceptors (Lipinski definition) is 6. The lowest BCUT2D eigenvalue weighted by molar-refractivity contribution is 0.465. The first-order chi connectivity index (χ1) is 39.2. The van der Waals surface area contributed by atoms with Crippen LogP contribution in [0.5, 0.6) is 46.0 Å². The zero-order chi connectivity index (χ0) is 53.2. The van der Waals surface area contributed by atoms with E-state index in [2.05, 4.69) is 207 Å². The van der Waals surface area contributed by atoms with Gasteiger partial charge in [-0.1, -0.05) is 155 Å². The van der Waals surface area contributed by atoms with Crippen LogP contribution in [-0.4, -0.2) is 13.4 Å². The maximum Gasteiger partial charge on any atom is 0.256 e. The molecule has 0 saturated carbocycles. The molecule has 0 fully saturated rings. The Hall–Kier alpha value is -9.65. The smallest absolute Gasteiger partial charge is 0.256 e. The number of benzene rings is 11. The summed E-state index contributed by atoms with van der Waals surface area (Å²) >= 11 is 0. The lowest BCUT2D eigenvalue weighted by Gasteiger charge is -2.44. The molecule has 0 spiro atoms. The van der Waals surface area contributed by atoms with Crippen LogP contribution in [0.2, 0.25) is 0 Å². The Bertz CT molecular complexity index is 4170. The van der Waals surface area contributed by atoms with Crippen LogP contribution in [0.15, 0.2) is 231 Å². The van der Waals surface area contributed by atoms with Crippen molar-refractivity contribution in [3.63, 3.8) is 0 Å². The van der Waals surface area contributed by atoms with E-state index in [0.29, 0.717) is 0 Å². The van der Waals surface area contributed by atoms with Gasteiger partial charge in [0.25, 0.3) is 13.4 Å². The molecule has 4 heterocycles. The van der Waals surface area contributed by atoms with Gasteiger partial charge in [-0.05, 0) is 174 Å². The highest BCUT2D eigenvalue weighted by molar-refractivity contribution is 7.02. The van der Waals surface area contributed by atoms with Gasteiger partial charge in [0.2, 0.25) is 0 Å². The molecule has 0 saturated heterocycles. The van der Waals surface area contributed by atoms with Crippen LogP contribution in [0.25, 0.3) is 22.3 Å². The summed E-state index contributed by atoms with van der Waals surface area (Å²) in [5.41, 5.74) is 22.7. The Labute approximate surface area is 466 Å². The summed E-state index contributed by atoms with van der Waals surface area (Å²) in [7, 11) is 0. The van der Waals surface area contributed by atoms with Crippen molar-refractivity contribution in [2.24, 2.45) is 0 Å². The van der Waals surface area contributed by atoms with Gasteiger partial charge < -0.3 is 28.7 Å². The summed E-state index contributed by atoms with van der Waals surface area (Å²) in [5, 5.41) is 0. The fourth-order valence-electron chi connectivity index (χ4n) is 14.6. The lowest BCUT2D eigenvalue weighted by atomic mass is 9.30. The maximum atomic E-state index is 7.49. The van der Waals surface area contributed by atoms with Gasteiger partial charge in [0.15, 0.2) is 0 Å². The van der Waals surface area contributed by atoms with Crippen LogP contribution in [0.1, 0.15) is 49.9 Å². The van der Waals surface area contributed by atoms with Crippen molar-refractivity contribution >= 4 is 80.3 Å². The van der Waals surface area contributed by atoms with E-state index in [1.54, 1.807) is 0 Å². The number of fused-ring (bicyclic) bond motifs is 16. The van der Waals surface area contributed by atoms with Crippen molar-refractivity contribution in [3.05, 3.63) is 253 Å². The molecule has 0 bridgehead atoms. The second-order valence-electron chi connectivity index (χ2n) is 23.1. The summed E-state index contributed by atoms with van der Waals surface area (Å²) in [4.78, 5) is 5.01. The minimum atomic E-state index is -0.417. The molecular weight excluding hydrogens is 978 g/mol. The molecule has 6 aliphatic rings. The van der Waals surface area contributed by atoms with Crippen molar-refractivity contribution in [1.82, 2.24) is 0 Å². The van der Waals surface area contributed by atoms with Gasteiger partial charge in [0.05, 0.1) is 0 Å². The zero-order valence-corrected chi connectivity index (χ0v) is 44.6. The third-order valence-electron chi connectivity index (χ3n) is 18.0. The van der Waals surface area contributed by atoms with Crippen molar-refractivity contribution in [3.8, 4) is 68.2 Å². The zero-order valence-electron chi connectivity index (χ0n) is 44.6. The van der Waals surface area contributed by atoms with E-state index in [9.17, 15) is 0 Å². The predicted octanol–water partition coefficient (Wildman–Crippen LogP) is 14.7. The van der Waals surface area contributed by atoms with Crippen LogP contribution >= 0.6 is 0 Å². The molecule has 8 heteroatoms. The van der Waals surface area contributed by atoms with Gasteiger partial charge >= 0.3 is 0 Å². The molecule has 11 aromatic carbocycles. The highest BCUT2D eigenvalue weighted by Crippen LogP contribution is 2.60. The first kappa shape index (κ1) is 45.4. The van der Waals surface area contributed by atoms with Gasteiger partial charge in [0.1, 0.15) is 46.0 Å². The summed E-state index contributed by atoms with van der Waals surface area (Å²) in [5.74, 6) is 6.56. The minimum Gasteiger partial charge on any atom is -0.458 e. The van der Waals surface area contributed by atoms with E-state index in [1.165, 1.54) is 77.7 Å². The highest BCUT2D eigenvalue weighted by Gasteiger charge is 2.52. The topological polar surface area (TPSA) is 43.4 Å². The molecule has 11 aromatic rings. The average molecular weight is 1030 g/mol. The summed E-state index contributed by atoms with van der Waals surface area (Å²) in [6.07, 6.45) is 0. The number of nitrogens with zero attached hydrogens (tertiary/aromatic N) is 2. The predicted molar refractivity (Wildman–Crippen MR) is 326 cm³/mol. The van der Waals surface area contributed by atoms with E-state index in [1.807, 2.05) is 60.7 Å². The first-order valence-electron chi connectivity index (χ1n) is 27.8. The highest BCUT2D eigenvalue weighted by atomic mass is 16.5. The van der Waals surface area contributed by atoms with Gasteiger partial charge in [-0.2, -0.15) is 0 Å². The van der Waals surface area contributed by atoms with Crippen molar-refractivity contribution < 1.29 is 18.9 Å². The van der Waals surface area contributed by atoms with Crippen molar-refractivity contribution in [2.75, 3.05) is 9.80 Å². The van der Waals surface area contributed by atoms with Crippen LogP contribution < -0.4 is 61.5 Å². The largest absolute Gasteiger partial charge is 0.458 e. The fraction of sp³-hybridized carbons (Fsp3) is 0.0833. The Morgan fingerprint density at radius 2 is 0.725 bits per heavy atom. The average Bonchev–Trinajstić information content (AvgIpc) is 4.04. The Kier molecular flexibility index (Phi) is 9.33. The number of para-hydroxylation sites is 6. The molecule has 0 amide bonds. The molecule has 17 rings (SSSR count). The SMILES string of the molecule is CC1(C)c2cc(Oc3ccccc3)ccc2-c2cc3c4c(c21)N(c1ccccc1)c1ccccc1B4c1cc2c(cc1O3)Oc1cc3c(c4c1B2c1ccccc1N4c1ccccc1)C(C)(C)c1cc(Oc2ccccc2)ccc1-3. The molecule has 378 valence electrons. The van der Waals surface area contributed by atoms with E-state index >= 15 is 0 Å². The first-order valence-corrected chi connectivity index (χ1v) is 27.8. The van der Waals surface area contributed by atoms with Crippen LogP contribution in [-0.2, 0) is 10.8 Å². The van der Waals surface area contributed by atoms with Crippen LogP contribution in [0, 0.1) is 0 Å². The summed E-state index contributed by atoms with van der Waals surface area (Å²) in [6, 6.07) is 82.3. The standard InChI is InChI=1S/C72H50B2N2O4/c1-71(2)53-37-47(77-45-25-13-7-14-26-45)33-35-49(53)51-39-63-67-69(65(51)71)75(43-21-9-5-10-22-43)59-31-19-17-29-55(59)73(67)57-41-58-62(42-61(57)79-63)80-64-40-52-50-36-34-48(78-46-27-15-8-16-28-46)38-54(50)72(3,4)66(52)70-68(64)74(58)56-30-18-20-32-60(56)76(70)44-23-11-6-12-24-44/h5-42H,1-4H3. The van der Waals surface area contributed by atoms with E-state index in [-0.39, 0.29) is 13.4 Å². The second-order valence-corrected chi connectivity index (χ2v) is 23.1. The maximum absolute atomic E-state index is 7.49. The minimum absolute atomic E-state index is 0.159. The normalized spacial score (nSPS) is 15.1. The summed E-state index contributed by atoms with van der Waals surface area (Å²) < 4.78 is 28.0. The number of anilines is 6. The van der Waals surface area contributed by atoms with Gasteiger partial charge in [-0.15, -0.1) is 0 Å². The number of rotatable bonds is 6. The Balaban J connectivity index is 0.886. The fourth-order valence-corrected chi connectivity index (χ4v) is 14.6. The van der Waals surface area contributed by atoms with E-state index < -0.39 is 10.8 Å². The molecule has 0 aromatic heterocycles. The molecule has 0 unspecified atom stereocenters. The van der Waals surface area contributed by atoms with Crippen molar-refractivity contribution in [2.45, 2.75) is 38.5 Å². The van der Waals surface area contributed by atoms with Crippen LogP contribution in [0.4, 0.5) is 34.1 Å². The number of ether oxygens (including phenoxy) is 4. The molecule has 2 aliphatic carbocycles. The van der Waals surface area contributed by atoms with Gasteiger partial charge in [0, 0.05) is 51.0 Å². The van der Waals surface area contributed by atoms with Crippen LogP contribution in [0.3, 0.4) is 0 Å². The lowest BCUT2D eigenvalue weighted by Crippen LogP contribution is -2.63. The molecule has 80 heavy (non-hydrogen) atoms. The number of hydrogen-bond donors (Lipinski definition) is 0. The monoisotopic (exact) mass is 1030 g/mol. The molecular formula is C72H50B2N2O4. The third-order valence-corrected chi connectivity index (χ3v) is 18.0. The Morgan fingerprint density at radius 1 is 0.338 bits per heavy atom. The molecule has 0 atom stereocenters. The van der Waals surface area contributed by atoms with E-state index in [4.69, 9.17) is 18.9 Å². The Morgan fingerprint density at radius 3 is 1.15 bits per heavy atom. The summed E-state index contributed by atoms with van der Waals surface area (Å²) in [6.45, 7) is 9.18. The van der Waals surface area contributed by atoms with E-state index in [0.717, 1.165) is 79.7 Å². The molecule has 0 N–H and O–H groups in total.